The summed E-state index contributed by atoms with van der Waals surface area (Å²) in [7, 11) is 1.35. The number of methoxy groups -OCH3 is 1. The Morgan fingerprint density at radius 2 is 2.11 bits per heavy atom. The van der Waals surface area contributed by atoms with Crippen LogP contribution in [0.25, 0.3) is 0 Å². The van der Waals surface area contributed by atoms with Gasteiger partial charge in [-0.25, -0.2) is 0 Å². The molecule has 0 aromatic heterocycles. The topological polar surface area (TPSA) is 58.6 Å². The molecule has 0 aliphatic carbocycles. The Bertz CT molecular complexity index is 329. The van der Waals surface area contributed by atoms with E-state index >= 15 is 0 Å². The Morgan fingerprint density at radius 3 is 2.63 bits per heavy atom. The molecule has 1 fully saturated rings. The van der Waals surface area contributed by atoms with E-state index in [2.05, 4.69) is 23.9 Å². The van der Waals surface area contributed by atoms with Gasteiger partial charge in [0.1, 0.15) is 6.54 Å². The minimum absolute atomic E-state index is 0.0111. The molecule has 1 aliphatic heterocycles. The predicted molar refractivity (Wildman–Crippen MR) is 73.7 cm³/mol. The second-order valence-corrected chi connectivity index (χ2v) is 5.82. The molecule has 0 radical (unpaired) electrons. The predicted octanol–water partition coefficient (Wildman–Crippen LogP) is 1.18. The highest BCUT2D eigenvalue weighted by Crippen LogP contribution is 2.31. The fourth-order valence-corrected chi connectivity index (χ4v) is 2.57. The maximum atomic E-state index is 12.6. The van der Waals surface area contributed by atoms with Crippen molar-refractivity contribution in [2.24, 2.45) is 5.41 Å². The summed E-state index contributed by atoms with van der Waals surface area (Å²) in [5, 5.41) is 3.30. The maximum Gasteiger partial charge on any atom is 0.325 e. The zero-order valence-corrected chi connectivity index (χ0v) is 12.5. The first-order valence-corrected chi connectivity index (χ1v) is 7.01. The van der Waals surface area contributed by atoms with E-state index in [4.69, 9.17) is 0 Å². The van der Waals surface area contributed by atoms with Crippen LogP contribution in [0, 0.1) is 5.41 Å². The Kier molecular flexibility index (Phi) is 5.79. The summed E-state index contributed by atoms with van der Waals surface area (Å²) in [6.45, 7) is 7.68. The molecule has 0 aromatic carbocycles. The summed E-state index contributed by atoms with van der Waals surface area (Å²) in [4.78, 5) is 25.6. The van der Waals surface area contributed by atoms with Gasteiger partial charge in [0.15, 0.2) is 0 Å². The monoisotopic (exact) mass is 270 g/mol. The van der Waals surface area contributed by atoms with E-state index in [9.17, 15) is 9.59 Å². The van der Waals surface area contributed by atoms with Crippen molar-refractivity contribution in [3.63, 3.8) is 0 Å². The molecular weight excluding hydrogens is 244 g/mol. The minimum atomic E-state index is -0.365. The number of esters is 1. The average molecular weight is 270 g/mol. The molecule has 1 aliphatic rings. The van der Waals surface area contributed by atoms with Crippen LogP contribution >= 0.6 is 0 Å². The van der Waals surface area contributed by atoms with Crippen molar-refractivity contribution < 1.29 is 14.3 Å². The molecule has 1 saturated heterocycles. The number of carbonyl (C=O) groups excluding carboxylic acids is 2. The lowest BCUT2D eigenvalue weighted by Crippen LogP contribution is -2.57. The lowest BCUT2D eigenvalue weighted by atomic mass is 9.77. The fourth-order valence-electron chi connectivity index (χ4n) is 2.57. The third-order valence-electron chi connectivity index (χ3n) is 3.73. The Balaban J connectivity index is 2.77. The first-order valence-electron chi connectivity index (χ1n) is 7.01. The van der Waals surface area contributed by atoms with E-state index in [1.54, 1.807) is 4.90 Å². The molecule has 1 rings (SSSR count). The lowest BCUT2D eigenvalue weighted by Gasteiger charge is -2.40. The number of nitrogens with zero attached hydrogens (tertiary/aromatic N) is 1. The number of hydrogen-bond acceptors (Lipinski definition) is 4. The fraction of sp³-hybridized carbons (Fsp3) is 0.857. The van der Waals surface area contributed by atoms with Crippen molar-refractivity contribution in [2.75, 3.05) is 26.7 Å². The number of rotatable bonds is 5. The third-order valence-corrected chi connectivity index (χ3v) is 3.73. The van der Waals surface area contributed by atoms with Crippen molar-refractivity contribution in [3.05, 3.63) is 0 Å². The molecule has 1 heterocycles. The summed E-state index contributed by atoms with van der Waals surface area (Å²) in [6, 6.07) is -0.211. The molecule has 1 N–H and O–H groups in total. The van der Waals surface area contributed by atoms with Crippen molar-refractivity contribution in [1.82, 2.24) is 10.2 Å². The van der Waals surface area contributed by atoms with Gasteiger partial charge in [0.2, 0.25) is 5.91 Å². The van der Waals surface area contributed by atoms with Gasteiger partial charge in [-0.2, -0.15) is 0 Å². The number of amides is 1. The van der Waals surface area contributed by atoms with Gasteiger partial charge in [-0.3, -0.25) is 9.59 Å². The van der Waals surface area contributed by atoms with Crippen LogP contribution in [0.15, 0.2) is 0 Å². The van der Waals surface area contributed by atoms with Crippen LogP contribution in [0.2, 0.25) is 0 Å². The number of ether oxygens (including phenoxy) is 1. The van der Waals surface area contributed by atoms with E-state index in [1.165, 1.54) is 7.11 Å². The van der Waals surface area contributed by atoms with Crippen molar-refractivity contribution in [1.29, 1.82) is 0 Å². The maximum absolute atomic E-state index is 12.6. The highest BCUT2D eigenvalue weighted by atomic mass is 16.5. The van der Waals surface area contributed by atoms with E-state index in [1.807, 2.05) is 6.92 Å². The molecule has 0 spiro atoms. The van der Waals surface area contributed by atoms with Crippen molar-refractivity contribution >= 4 is 11.9 Å². The van der Waals surface area contributed by atoms with E-state index in [0.717, 1.165) is 25.8 Å². The first kappa shape index (κ1) is 16.0. The number of carbonyl (C=O) groups is 2. The Labute approximate surface area is 115 Å². The van der Waals surface area contributed by atoms with Gasteiger partial charge in [0.25, 0.3) is 0 Å². The summed E-state index contributed by atoms with van der Waals surface area (Å²) < 4.78 is 4.66. The van der Waals surface area contributed by atoms with Crippen LogP contribution in [0.3, 0.4) is 0 Å². The number of hydrogen-bond donors (Lipinski definition) is 1. The molecule has 1 unspecified atom stereocenters. The van der Waals surface area contributed by atoms with Gasteiger partial charge in [0.05, 0.1) is 13.2 Å². The standard InChI is InChI=1S/C14H26N2O3/c1-5-9-16(10-11(17)19-4)13(18)12-14(2,3)7-6-8-15-12/h12,15H,5-10H2,1-4H3. The molecule has 1 amide bonds. The Morgan fingerprint density at radius 1 is 1.42 bits per heavy atom. The van der Waals surface area contributed by atoms with E-state index in [-0.39, 0.29) is 29.9 Å². The zero-order valence-electron chi connectivity index (χ0n) is 12.5. The molecule has 5 heteroatoms. The minimum Gasteiger partial charge on any atom is -0.468 e. The smallest absolute Gasteiger partial charge is 0.325 e. The quantitative estimate of drug-likeness (QED) is 0.762. The highest BCUT2D eigenvalue weighted by Gasteiger charge is 2.39. The van der Waals surface area contributed by atoms with Crippen LogP contribution < -0.4 is 5.32 Å². The average Bonchev–Trinajstić information content (AvgIpc) is 2.36. The normalized spacial score (nSPS) is 21.8. The van der Waals surface area contributed by atoms with Gasteiger partial charge in [0, 0.05) is 6.54 Å². The van der Waals surface area contributed by atoms with E-state index < -0.39 is 0 Å². The second kappa shape index (κ2) is 6.89. The summed E-state index contributed by atoms with van der Waals surface area (Å²) >= 11 is 0. The third kappa shape index (κ3) is 4.20. The van der Waals surface area contributed by atoms with Gasteiger partial charge in [-0.15, -0.1) is 0 Å². The lowest BCUT2D eigenvalue weighted by molar-refractivity contribution is -0.149. The largest absolute Gasteiger partial charge is 0.468 e. The molecule has 0 aromatic rings. The van der Waals surface area contributed by atoms with Crippen LogP contribution in [0.1, 0.15) is 40.0 Å². The molecule has 0 bridgehead atoms. The van der Waals surface area contributed by atoms with Crippen LogP contribution in [0.4, 0.5) is 0 Å². The molecule has 19 heavy (non-hydrogen) atoms. The molecule has 0 saturated carbocycles. The highest BCUT2D eigenvalue weighted by molar-refractivity contribution is 5.86. The summed E-state index contributed by atoms with van der Waals surface area (Å²) in [6.07, 6.45) is 2.94. The Hall–Kier alpha value is -1.10. The molecule has 110 valence electrons. The van der Waals surface area contributed by atoms with Crippen LogP contribution in [-0.2, 0) is 14.3 Å². The van der Waals surface area contributed by atoms with Crippen molar-refractivity contribution in [3.8, 4) is 0 Å². The SMILES string of the molecule is CCCN(CC(=O)OC)C(=O)C1NCCCC1(C)C. The molecule has 1 atom stereocenters. The number of nitrogens with one attached hydrogen (secondary N) is 1. The van der Waals surface area contributed by atoms with Gasteiger partial charge < -0.3 is 15.0 Å². The summed E-state index contributed by atoms with van der Waals surface area (Å²) in [5.74, 6) is -0.354. The second-order valence-electron chi connectivity index (χ2n) is 5.82. The molecule has 5 nitrogen and oxygen atoms in total. The van der Waals surface area contributed by atoms with E-state index in [0.29, 0.717) is 6.54 Å². The van der Waals surface area contributed by atoms with Gasteiger partial charge in [-0.1, -0.05) is 20.8 Å². The van der Waals surface area contributed by atoms with Crippen molar-refractivity contribution in [2.45, 2.75) is 46.1 Å². The zero-order chi connectivity index (χ0) is 14.5. The number of piperidine rings is 1. The van der Waals surface area contributed by atoms with Gasteiger partial charge in [-0.05, 0) is 31.2 Å². The molecular formula is C14H26N2O3. The summed E-state index contributed by atoms with van der Waals surface area (Å²) in [5.41, 5.74) is -0.0720. The van der Waals surface area contributed by atoms with Crippen LogP contribution in [-0.4, -0.2) is 49.6 Å². The van der Waals surface area contributed by atoms with Gasteiger partial charge >= 0.3 is 5.97 Å². The first-order chi connectivity index (χ1) is 8.92. The van der Waals surface area contributed by atoms with Crippen LogP contribution in [0.5, 0.6) is 0 Å².